The van der Waals surface area contributed by atoms with Gasteiger partial charge in [-0.3, -0.25) is 0 Å². The molecule has 32 heavy (non-hydrogen) atoms. The molecule has 186 valence electrons. The first-order valence-electron chi connectivity index (χ1n) is 13.0. The van der Waals surface area contributed by atoms with Gasteiger partial charge < -0.3 is 4.48 Å². The zero-order valence-electron chi connectivity index (χ0n) is 22.4. The maximum atomic E-state index is 3.00. The predicted molar refractivity (Wildman–Crippen MR) is 151 cm³/mol. The summed E-state index contributed by atoms with van der Waals surface area (Å²) in [6.45, 7) is 22.7. The first-order chi connectivity index (χ1) is 15.6. The van der Waals surface area contributed by atoms with Crippen LogP contribution in [0.15, 0.2) is 69.8 Å². The molecule has 0 aromatic heterocycles. The lowest BCUT2D eigenvalue weighted by Crippen LogP contribution is -2.39. The molecule has 0 aliphatic heterocycles. The Labute approximate surface area is 203 Å². The van der Waals surface area contributed by atoms with Gasteiger partial charge in [0.15, 0.2) is 0 Å². The van der Waals surface area contributed by atoms with E-state index in [1.165, 1.54) is 102 Å². The van der Waals surface area contributed by atoms with Crippen molar-refractivity contribution >= 4 is 0 Å². The van der Waals surface area contributed by atoms with Crippen LogP contribution in [0.4, 0.5) is 0 Å². The maximum absolute atomic E-state index is 3.00. The van der Waals surface area contributed by atoms with Crippen LogP contribution in [0.3, 0.4) is 0 Å². The average Bonchev–Trinajstić information content (AvgIpc) is 2.83. The summed E-state index contributed by atoms with van der Waals surface area (Å²) in [5.74, 6) is 0. The van der Waals surface area contributed by atoms with Gasteiger partial charge in [-0.05, 0) is 12.8 Å². The fourth-order valence-electron chi connectivity index (χ4n) is 3.89. The van der Waals surface area contributed by atoms with E-state index >= 15 is 0 Å². The highest BCUT2D eigenvalue weighted by molar-refractivity contribution is 5.13. The van der Waals surface area contributed by atoms with Gasteiger partial charge in [0, 0.05) is 5.56 Å². The average molecular weight is 445 g/mol. The van der Waals surface area contributed by atoms with Crippen LogP contribution in [-0.4, -0.2) is 25.1 Å². The predicted octanol–water partition coefficient (Wildman–Crippen LogP) is 10.2. The van der Waals surface area contributed by atoms with Gasteiger partial charge in [0.25, 0.3) is 0 Å². The summed E-state index contributed by atoms with van der Waals surface area (Å²) in [6, 6.07) is 10.9. The maximum Gasteiger partial charge on any atom is 0.104 e. The lowest BCUT2D eigenvalue weighted by Gasteiger charge is -2.30. The first kappa shape index (κ1) is 35.0. The largest absolute Gasteiger partial charge is 0.325 e. The van der Waals surface area contributed by atoms with Crippen LogP contribution in [-0.2, 0) is 6.54 Å². The molecule has 0 atom stereocenters. The number of unbranched alkanes of at least 4 members (excludes halogenated alkanes) is 13. The number of hydrogen-bond acceptors (Lipinski definition) is 0. The smallest absolute Gasteiger partial charge is 0.104 e. The van der Waals surface area contributed by atoms with Gasteiger partial charge in [-0.1, -0.05) is 114 Å². The van der Waals surface area contributed by atoms with E-state index in [0.717, 1.165) is 11.0 Å². The molecule has 0 saturated heterocycles. The zero-order chi connectivity index (χ0) is 24.9. The Morgan fingerprint density at radius 1 is 0.531 bits per heavy atom. The van der Waals surface area contributed by atoms with Gasteiger partial charge in [0.2, 0.25) is 0 Å². The standard InChI is InChI=1S/C25H46N.3C2H4/c1-4-5-6-7-8-9-10-11-12-13-14-15-16-20-23-26(2,3)24-25-21-18-17-19-22-25;3*1-2/h17-19,21-22H,4-16,20,23-24H2,1-3H3;3*1-2H2/q+1;;;. The Hall–Kier alpha value is -1.60. The Morgan fingerprint density at radius 3 is 1.25 bits per heavy atom. The van der Waals surface area contributed by atoms with Crippen molar-refractivity contribution < 1.29 is 4.48 Å². The zero-order valence-corrected chi connectivity index (χ0v) is 22.4. The molecular weight excluding hydrogens is 386 g/mol. The Bertz CT molecular complexity index is 446. The van der Waals surface area contributed by atoms with Gasteiger partial charge in [0.05, 0.1) is 20.6 Å². The molecule has 0 fully saturated rings. The Morgan fingerprint density at radius 2 is 0.875 bits per heavy atom. The minimum Gasteiger partial charge on any atom is -0.325 e. The molecule has 1 aromatic rings. The summed E-state index contributed by atoms with van der Waals surface area (Å²) in [4.78, 5) is 0. The van der Waals surface area contributed by atoms with Crippen molar-refractivity contribution in [2.45, 2.75) is 103 Å². The number of quaternary nitrogens is 1. The van der Waals surface area contributed by atoms with Crippen LogP contribution >= 0.6 is 0 Å². The highest BCUT2D eigenvalue weighted by Crippen LogP contribution is 2.14. The fourth-order valence-corrected chi connectivity index (χ4v) is 3.89. The SMILES string of the molecule is C=C.C=C.C=C.CCCCCCCCCCCCCCCC[N+](C)(C)Cc1ccccc1. The van der Waals surface area contributed by atoms with Gasteiger partial charge in [-0.25, -0.2) is 0 Å². The molecule has 0 radical (unpaired) electrons. The summed E-state index contributed by atoms with van der Waals surface area (Å²) in [7, 11) is 4.74. The summed E-state index contributed by atoms with van der Waals surface area (Å²) in [5.41, 5.74) is 1.46. The van der Waals surface area contributed by atoms with Crippen molar-refractivity contribution in [1.29, 1.82) is 0 Å². The van der Waals surface area contributed by atoms with Crippen LogP contribution in [0, 0.1) is 0 Å². The number of hydrogen-bond donors (Lipinski definition) is 0. The second kappa shape index (κ2) is 29.4. The molecule has 0 unspecified atom stereocenters. The second-order valence-corrected chi connectivity index (χ2v) is 8.90. The van der Waals surface area contributed by atoms with Crippen molar-refractivity contribution in [3.05, 3.63) is 75.4 Å². The quantitative estimate of drug-likeness (QED) is 0.127. The topological polar surface area (TPSA) is 0 Å². The van der Waals surface area contributed by atoms with Gasteiger partial charge in [-0.15, -0.1) is 39.5 Å². The van der Waals surface area contributed by atoms with Gasteiger partial charge >= 0.3 is 0 Å². The number of rotatable bonds is 17. The fraction of sp³-hybridized carbons (Fsp3) is 0.613. The molecule has 1 rings (SSSR count). The lowest BCUT2D eigenvalue weighted by atomic mass is 10.0. The minimum atomic E-state index is 1.11. The summed E-state index contributed by atoms with van der Waals surface area (Å²) < 4.78 is 1.11. The van der Waals surface area contributed by atoms with Crippen molar-refractivity contribution in [3.8, 4) is 0 Å². The summed E-state index contributed by atoms with van der Waals surface area (Å²) >= 11 is 0. The van der Waals surface area contributed by atoms with E-state index in [-0.39, 0.29) is 0 Å². The number of nitrogens with zero attached hydrogens (tertiary/aromatic N) is 1. The van der Waals surface area contributed by atoms with Crippen molar-refractivity contribution in [1.82, 2.24) is 0 Å². The monoisotopic (exact) mass is 444 g/mol. The molecule has 0 N–H and O–H groups in total. The first-order valence-corrected chi connectivity index (χ1v) is 13.0. The van der Waals surface area contributed by atoms with E-state index in [2.05, 4.69) is 90.8 Å². The third kappa shape index (κ3) is 26.4. The third-order valence-corrected chi connectivity index (χ3v) is 5.57. The number of benzene rings is 1. The summed E-state index contributed by atoms with van der Waals surface area (Å²) in [6.07, 6.45) is 20.2. The van der Waals surface area contributed by atoms with Crippen LogP contribution in [0.1, 0.15) is 102 Å². The lowest BCUT2D eigenvalue weighted by molar-refractivity contribution is -0.903. The van der Waals surface area contributed by atoms with E-state index in [1.807, 2.05) is 0 Å². The Balaban J connectivity index is -0.00000129. The highest BCUT2D eigenvalue weighted by Gasteiger charge is 2.14. The van der Waals surface area contributed by atoms with E-state index < -0.39 is 0 Å². The minimum absolute atomic E-state index is 1.11. The molecule has 1 aromatic carbocycles. The Kier molecular flexibility index (Phi) is 32.2. The molecule has 0 bridgehead atoms. The van der Waals surface area contributed by atoms with Crippen LogP contribution in [0.25, 0.3) is 0 Å². The van der Waals surface area contributed by atoms with Crippen molar-refractivity contribution in [2.24, 2.45) is 0 Å². The molecule has 0 aliphatic carbocycles. The molecule has 0 aliphatic rings. The van der Waals surface area contributed by atoms with Crippen molar-refractivity contribution in [2.75, 3.05) is 20.6 Å². The molecular formula is C31H58N+. The van der Waals surface area contributed by atoms with Gasteiger partial charge in [0.1, 0.15) is 6.54 Å². The van der Waals surface area contributed by atoms with Crippen LogP contribution in [0.2, 0.25) is 0 Å². The van der Waals surface area contributed by atoms with E-state index in [4.69, 9.17) is 0 Å². The van der Waals surface area contributed by atoms with Gasteiger partial charge in [-0.2, -0.15) is 0 Å². The van der Waals surface area contributed by atoms with E-state index in [9.17, 15) is 0 Å². The van der Waals surface area contributed by atoms with E-state index in [0.29, 0.717) is 0 Å². The normalized spacial score (nSPS) is 9.97. The molecule has 0 heterocycles. The molecule has 1 nitrogen and oxygen atoms in total. The highest BCUT2D eigenvalue weighted by atomic mass is 15.3. The second-order valence-electron chi connectivity index (χ2n) is 8.90. The molecule has 0 saturated carbocycles. The van der Waals surface area contributed by atoms with Crippen LogP contribution in [0.5, 0.6) is 0 Å². The van der Waals surface area contributed by atoms with Crippen LogP contribution < -0.4 is 0 Å². The van der Waals surface area contributed by atoms with Crippen molar-refractivity contribution in [3.63, 3.8) is 0 Å². The molecule has 0 spiro atoms. The third-order valence-electron chi connectivity index (χ3n) is 5.57. The summed E-state index contributed by atoms with van der Waals surface area (Å²) in [5, 5.41) is 0. The van der Waals surface area contributed by atoms with E-state index in [1.54, 1.807) is 0 Å². The molecule has 0 amide bonds. The molecule has 1 heteroatoms.